The highest BCUT2D eigenvalue weighted by molar-refractivity contribution is 5.43. The maximum absolute atomic E-state index is 10.9. The minimum atomic E-state index is -0.528. The molecule has 2 fully saturated rings. The molecule has 1 saturated heterocycles. The van der Waals surface area contributed by atoms with Gasteiger partial charge in [0.15, 0.2) is 11.5 Å². The molecule has 0 radical (unpaired) electrons. The normalized spacial score (nSPS) is 33.5. The number of phenolic OH excluding ortho intramolecular Hbond substituents is 1. The predicted octanol–water partition coefficient (Wildman–Crippen LogP) is 2.36. The second kappa shape index (κ2) is 5.26. The monoisotopic (exact) mass is 277 g/mol. The van der Waals surface area contributed by atoms with Crippen molar-refractivity contribution >= 4 is 0 Å². The van der Waals surface area contributed by atoms with Crippen LogP contribution in [0.25, 0.3) is 0 Å². The Kier molecular flexibility index (Phi) is 3.61. The first-order chi connectivity index (χ1) is 9.64. The Morgan fingerprint density at radius 1 is 1.30 bits per heavy atom. The number of aliphatic hydroxyl groups is 1. The molecule has 4 heteroatoms. The van der Waals surface area contributed by atoms with Gasteiger partial charge < -0.3 is 20.3 Å². The largest absolute Gasteiger partial charge is 0.504 e. The highest BCUT2D eigenvalue weighted by Crippen LogP contribution is 2.46. The summed E-state index contributed by atoms with van der Waals surface area (Å²) in [5.74, 6) is 0.902. The Balaban J connectivity index is 1.92. The maximum Gasteiger partial charge on any atom is 0.160 e. The molecule has 1 heterocycles. The molecule has 1 aromatic rings. The van der Waals surface area contributed by atoms with Gasteiger partial charge in [-0.25, -0.2) is 0 Å². The van der Waals surface area contributed by atoms with Crippen LogP contribution in [-0.2, 0) is 0 Å². The zero-order valence-electron chi connectivity index (χ0n) is 11.9. The van der Waals surface area contributed by atoms with Gasteiger partial charge in [0.2, 0.25) is 0 Å². The molecule has 1 aromatic carbocycles. The van der Waals surface area contributed by atoms with Crippen LogP contribution in [0.15, 0.2) is 18.2 Å². The smallest absolute Gasteiger partial charge is 0.160 e. The van der Waals surface area contributed by atoms with Gasteiger partial charge in [-0.1, -0.05) is 18.9 Å². The molecule has 3 rings (SSSR count). The summed E-state index contributed by atoms with van der Waals surface area (Å²) >= 11 is 0. The first-order valence-corrected chi connectivity index (χ1v) is 7.47. The molecule has 3 atom stereocenters. The number of methoxy groups -OCH3 is 1. The third-order valence-corrected chi connectivity index (χ3v) is 4.95. The third-order valence-electron chi connectivity index (χ3n) is 4.95. The number of nitrogens with one attached hydrogen (secondary N) is 1. The lowest BCUT2D eigenvalue weighted by Crippen LogP contribution is -2.53. The predicted molar refractivity (Wildman–Crippen MR) is 76.9 cm³/mol. The molecule has 2 aliphatic rings. The first kappa shape index (κ1) is 13.7. The minimum absolute atomic E-state index is 0.142. The van der Waals surface area contributed by atoms with E-state index in [9.17, 15) is 10.2 Å². The number of hydrogen-bond donors (Lipinski definition) is 3. The molecule has 0 aromatic heterocycles. The van der Waals surface area contributed by atoms with Crippen molar-refractivity contribution in [3.05, 3.63) is 23.8 Å². The van der Waals surface area contributed by atoms with E-state index >= 15 is 0 Å². The van der Waals surface area contributed by atoms with Gasteiger partial charge >= 0.3 is 0 Å². The molecule has 1 aliphatic heterocycles. The van der Waals surface area contributed by atoms with Crippen molar-refractivity contribution in [1.82, 2.24) is 5.32 Å². The van der Waals surface area contributed by atoms with Crippen molar-refractivity contribution in [3.8, 4) is 11.5 Å². The maximum atomic E-state index is 10.9. The van der Waals surface area contributed by atoms with Gasteiger partial charge in [0.05, 0.1) is 12.7 Å². The van der Waals surface area contributed by atoms with Crippen molar-refractivity contribution in [2.24, 2.45) is 5.92 Å². The summed E-state index contributed by atoms with van der Waals surface area (Å²) in [6.07, 6.45) is 5.10. The summed E-state index contributed by atoms with van der Waals surface area (Å²) in [5.41, 5.74) is 0.559. The molecule has 0 unspecified atom stereocenters. The number of fused-ring (bicyclic) bond motifs is 1. The van der Waals surface area contributed by atoms with Gasteiger partial charge in [0, 0.05) is 12.0 Å². The molecule has 110 valence electrons. The summed E-state index contributed by atoms with van der Waals surface area (Å²) in [7, 11) is 1.56. The number of ether oxygens (including phenoxy) is 1. The molecular weight excluding hydrogens is 254 g/mol. The van der Waals surface area contributed by atoms with E-state index in [2.05, 4.69) is 5.32 Å². The quantitative estimate of drug-likeness (QED) is 0.776. The molecule has 20 heavy (non-hydrogen) atoms. The van der Waals surface area contributed by atoms with Crippen molar-refractivity contribution in [2.75, 3.05) is 13.7 Å². The van der Waals surface area contributed by atoms with Crippen LogP contribution in [0.2, 0.25) is 0 Å². The number of rotatable bonds is 2. The molecule has 1 aliphatic carbocycles. The van der Waals surface area contributed by atoms with Crippen LogP contribution in [0.5, 0.6) is 11.5 Å². The lowest BCUT2D eigenvalue weighted by molar-refractivity contribution is -0.0861. The number of hydrogen-bond acceptors (Lipinski definition) is 4. The van der Waals surface area contributed by atoms with Crippen LogP contribution >= 0.6 is 0 Å². The van der Waals surface area contributed by atoms with Gasteiger partial charge in [-0.05, 0) is 43.5 Å². The fourth-order valence-corrected chi connectivity index (χ4v) is 3.86. The summed E-state index contributed by atoms with van der Waals surface area (Å²) in [6.45, 7) is 0.834. The second-order valence-corrected chi connectivity index (χ2v) is 6.07. The van der Waals surface area contributed by atoms with Crippen LogP contribution in [0, 0.1) is 5.92 Å². The third kappa shape index (κ3) is 2.27. The Morgan fingerprint density at radius 2 is 2.15 bits per heavy atom. The van der Waals surface area contributed by atoms with E-state index in [1.807, 2.05) is 12.1 Å². The second-order valence-electron chi connectivity index (χ2n) is 6.07. The van der Waals surface area contributed by atoms with Crippen molar-refractivity contribution in [2.45, 2.75) is 43.7 Å². The van der Waals surface area contributed by atoms with E-state index in [0.29, 0.717) is 5.75 Å². The Bertz CT molecular complexity index is 487. The average molecular weight is 277 g/mol. The number of benzene rings is 1. The van der Waals surface area contributed by atoms with E-state index in [4.69, 9.17) is 4.74 Å². The summed E-state index contributed by atoms with van der Waals surface area (Å²) in [4.78, 5) is 0. The highest BCUT2D eigenvalue weighted by atomic mass is 16.5. The van der Waals surface area contributed by atoms with Crippen LogP contribution < -0.4 is 10.1 Å². The molecule has 0 amide bonds. The van der Waals surface area contributed by atoms with Gasteiger partial charge in [0.1, 0.15) is 0 Å². The summed E-state index contributed by atoms with van der Waals surface area (Å²) < 4.78 is 5.20. The zero-order chi connectivity index (χ0) is 14.2. The van der Waals surface area contributed by atoms with Crippen LogP contribution in [-0.4, -0.2) is 29.5 Å². The average Bonchev–Trinajstić information content (AvgIpc) is 2.46. The molecule has 1 saturated carbocycles. The molecular formula is C16H23NO3. The van der Waals surface area contributed by atoms with Gasteiger partial charge in [-0.15, -0.1) is 0 Å². The van der Waals surface area contributed by atoms with Gasteiger partial charge in [0.25, 0.3) is 0 Å². The van der Waals surface area contributed by atoms with Crippen molar-refractivity contribution in [3.63, 3.8) is 0 Å². The number of piperidine rings is 1. The molecule has 0 bridgehead atoms. The van der Waals surface area contributed by atoms with E-state index in [1.54, 1.807) is 13.2 Å². The van der Waals surface area contributed by atoms with E-state index in [1.165, 1.54) is 6.42 Å². The van der Waals surface area contributed by atoms with Crippen LogP contribution in [0.4, 0.5) is 0 Å². The Morgan fingerprint density at radius 3 is 2.95 bits per heavy atom. The van der Waals surface area contributed by atoms with Crippen molar-refractivity contribution < 1.29 is 14.9 Å². The molecule has 4 nitrogen and oxygen atoms in total. The van der Waals surface area contributed by atoms with Crippen LogP contribution in [0.3, 0.4) is 0 Å². The zero-order valence-corrected chi connectivity index (χ0v) is 11.9. The van der Waals surface area contributed by atoms with Gasteiger partial charge in [-0.3, -0.25) is 0 Å². The van der Waals surface area contributed by atoms with Gasteiger partial charge in [-0.2, -0.15) is 0 Å². The molecule has 0 spiro atoms. The fraction of sp³-hybridized carbons (Fsp3) is 0.625. The SMILES string of the molecule is COc1cc([C@@H]2NCC[C@@]3(O)CCCC[C@H]23)ccc1O. The highest BCUT2D eigenvalue weighted by Gasteiger charge is 2.45. The Labute approximate surface area is 119 Å². The van der Waals surface area contributed by atoms with Crippen molar-refractivity contribution in [1.29, 1.82) is 0 Å². The summed E-state index contributed by atoms with van der Waals surface area (Å²) in [5, 5.41) is 24.1. The number of aromatic hydroxyl groups is 1. The summed E-state index contributed by atoms with van der Waals surface area (Å²) in [6, 6.07) is 5.62. The standard InChI is InChI=1S/C16H23NO3/c1-20-14-10-11(5-6-13(14)18)15-12-4-2-3-7-16(12,19)8-9-17-15/h5-6,10,12,15,17-19H,2-4,7-9H2,1H3/t12-,15+,16+/m1/s1. The minimum Gasteiger partial charge on any atom is -0.504 e. The lowest BCUT2D eigenvalue weighted by atomic mass is 9.67. The fourth-order valence-electron chi connectivity index (χ4n) is 3.86. The molecule has 3 N–H and O–H groups in total. The Hall–Kier alpha value is -1.26. The first-order valence-electron chi connectivity index (χ1n) is 7.47. The van der Waals surface area contributed by atoms with E-state index in [-0.39, 0.29) is 17.7 Å². The topological polar surface area (TPSA) is 61.7 Å². The van der Waals surface area contributed by atoms with E-state index in [0.717, 1.165) is 37.8 Å². The van der Waals surface area contributed by atoms with Crippen LogP contribution in [0.1, 0.15) is 43.7 Å². The van der Waals surface area contributed by atoms with E-state index < -0.39 is 5.60 Å². The number of phenols is 1. The lowest BCUT2D eigenvalue weighted by Gasteiger charge is -2.48.